The van der Waals surface area contributed by atoms with Crippen molar-refractivity contribution in [1.29, 1.82) is 0 Å². The van der Waals surface area contributed by atoms with Gasteiger partial charge in [0.15, 0.2) is 0 Å². The third kappa shape index (κ3) is 4.20. The molecule has 6 heteroatoms. The third-order valence-electron chi connectivity index (χ3n) is 3.39. The molecule has 20 heavy (non-hydrogen) atoms. The van der Waals surface area contributed by atoms with Gasteiger partial charge in [-0.15, -0.1) is 0 Å². The van der Waals surface area contributed by atoms with Gasteiger partial charge in [0.25, 0.3) is 0 Å². The average Bonchev–Trinajstić information content (AvgIpc) is 2.43. The van der Waals surface area contributed by atoms with Crippen LogP contribution in [0.15, 0.2) is 21.1 Å². The molecule has 2 rings (SSSR count). The quantitative estimate of drug-likeness (QED) is 0.805. The minimum atomic E-state index is 0.0452. The number of ether oxygens (including phenoxy) is 1. The van der Waals surface area contributed by atoms with Crippen molar-refractivity contribution in [3.05, 3.63) is 21.1 Å². The molecule has 0 saturated carbocycles. The Morgan fingerprint density at radius 3 is 2.90 bits per heavy atom. The Kier molecular flexibility index (Phi) is 5.86. The Balaban J connectivity index is 1.99. The van der Waals surface area contributed by atoms with Crippen molar-refractivity contribution in [3.63, 3.8) is 0 Å². The van der Waals surface area contributed by atoms with Gasteiger partial charge in [-0.3, -0.25) is 4.79 Å². The Labute approximate surface area is 135 Å². The molecule has 1 saturated heterocycles. The summed E-state index contributed by atoms with van der Waals surface area (Å²) < 4.78 is 6.93. The van der Waals surface area contributed by atoms with Gasteiger partial charge in [-0.2, -0.15) is 0 Å². The van der Waals surface area contributed by atoms with E-state index in [1.165, 1.54) is 0 Å². The summed E-state index contributed by atoms with van der Waals surface area (Å²) in [6.07, 6.45) is 2.82. The third-order valence-corrected chi connectivity index (χ3v) is 4.66. The van der Waals surface area contributed by atoms with E-state index in [4.69, 9.17) is 4.74 Å². The highest BCUT2D eigenvalue weighted by atomic mass is 79.9. The van der Waals surface area contributed by atoms with Crippen LogP contribution < -0.4 is 15.4 Å². The molecule has 2 N–H and O–H groups in total. The number of carbonyl (C=O) groups is 1. The van der Waals surface area contributed by atoms with Gasteiger partial charge in [-0.1, -0.05) is 0 Å². The van der Waals surface area contributed by atoms with Gasteiger partial charge >= 0.3 is 0 Å². The fourth-order valence-electron chi connectivity index (χ4n) is 2.34. The van der Waals surface area contributed by atoms with Gasteiger partial charge in [0.2, 0.25) is 5.91 Å². The van der Waals surface area contributed by atoms with Crippen molar-refractivity contribution in [2.24, 2.45) is 5.92 Å². The summed E-state index contributed by atoms with van der Waals surface area (Å²) in [6.45, 7) is 1.99. The van der Waals surface area contributed by atoms with Crippen molar-refractivity contribution in [3.8, 4) is 5.75 Å². The summed E-state index contributed by atoms with van der Waals surface area (Å²) in [6, 6.07) is 3.68. The molecule has 0 spiro atoms. The summed E-state index contributed by atoms with van der Waals surface area (Å²) in [7, 11) is 1.60. The maximum absolute atomic E-state index is 12.1. The molecule has 1 aromatic carbocycles. The van der Waals surface area contributed by atoms with Crippen LogP contribution in [0, 0.1) is 5.92 Å². The predicted molar refractivity (Wildman–Crippen MR) is 87.2 cm³/mol. The van der Waals surface area contributed by atoms with Crippen LogP contribution in [-0.2, 0) is 4.79 Å². The van der Waals surface area contributed by atoms with E-state index in [0.717, 1.165) is 40.6 Å². The van der Waals surface area contributed by atoms with Gasteiger partial charge in [-0.05, 0) is 69.8 Å². The molecule has 1 atom stereocenters. The molecule has 0 radical (unpaired) electrons. The van der Waals surface area contributed by atoms with Crippen LogP contribution in [0.3, 0.4) is 0 Å². The van der Waals surface area contributed by atoms with E-state index in [2.05, 4.69) is 42.5 Å². The molecule has 1 aliphatic heterocycles. The second kappa shape index (κ2) is 7.43. The number of halogens is 2. The zero-order chi connectivity index (χ0) is 14.5. The Hall–Kier alpha value is -0.590. The lowest BCUT2D eigenvalue weighted by atomic mass is 9.96. The Bertz CT molecular complexity index is 488. The maximum atomic E-state index is 12.1. The van der Waals surface area contributed by atoms with Gasteiger partial charge in [0.05, 0.1) is 17.3 Å². The summed E-state index contributed by atoms with van der Waals surface area (Å²) in [5, 5.41) is 6.27. The number of amides is 1. The highest BCUT2D eigenvalue weighted by Gasteiger charge is 2.17. The summed E-state index contributed by atoms with van der Waals surface area (Å²) >= 11 is 6.86. The Morgan fingerprint density at radius 1 is 1.45 bits per heavy atom. The van der Waals surface area contributed by atoms with Crippen LogP contribution in [0.5, 0.6) is 5.75 Å². The van der Waals surface area contributed by atoms with Crippen molar-refractivity contribution < 1.29 is 9.53 Å². The monoisotopic (exact) mass is 404 g/mol. The SMILES string of the molecule is COc1cc(NC(=O)CC2CCCNC2)c(Br)cc1Br. The molecule has 1 amide bonds. The van der Waals surface area contributed by atoms with E-state index < -0.39 is 0 Å². The van der Waals surface area contributed by atoms with Crippen LogP contribution in [0.1, 0.15) is 19.3 Å². The Morgan fingerprint density at radius 2 is 2.25 bits per heavy atom. The fourth-order valence-corrected chi connectivity index (χ4v) is 3.60. The topological polar surface area (TPSA) is 50.4 Å². The van der Waals surface area contributed by atoms with Crippen molar-refractivity contribution in [2.75, 3.05) is 25.5 Å². The van der Waals surface area contributed by atoms with E-state index in [1.807, 2.05) is 12.1 Å². The van der Waals surface area contributed by atoms with Crippen LogP contribution in [0.2, 0.25) is 0 Å². The molecule has 1 fully saturated rings. The normalized spacial score (nSPS) is 18.6. The predicted octanol–water partition coefficient (Wildman–Crippen LogP) is 3.55. The second-order valence-electron chi connectivity index (χ2n) is 4.93. The summed E-state index contributed by atoms with van der Waals surface area (Å²) in [5.41, 5.74) is 0.735. The lowest BCUT2D eigenvalue weighted by Crippen LogP contribution is -2.32. The maximum Gasteiger partial charge on any atom is 0.224 e. The molecule has 4 nitrogen and oxygen atoms in total. The molecular formula is C14H18Br2N2O2. The number of hydrogen-bond donors (Lipinski definition) is 2. The van der Waals surface area contributed by atoms with E-state index in [-0.39, 0.29) is 5.91 Å². The smallest absolute Gasteiger partial charge is 0.224 e. The highest BCUT2D eigenvalue weighted by Crippen LogP contribution is 2.34. The molecule has 0 bridgehead atoms. The van der Waals surface area contributed by atoms with Crippen molar-refractivity contribution in [1.82, 2.24) is 5.32 Å². The summed E-state index contributed by atoms with van der Waals surface area (Å²) in [4.78, 5) is 12.1. The van der Waals surface area contributed by atoms with Crippen molar-refractivity contribution in [2.45, 2.75) is 19.3 Å². The van der Waals surface area contributed by atoms with E-state index in [0.29, 0.717) is 18.1 Å². The molecule has 0 aliphatic carbocycles. The van der Waals surface area contributed by atoms with Crippen LogP contribution in [-0.4, -0.2) is 26.1 Å². The number of benzene rings is 1. The number of rotatable bonds is 4. The van der Waals surface area contributed by atoms with Gasteiger partial charge in [-0.25, -0.2) is 0 Å². The minimum absolute atomic E-state index is 0.0452. The number of carbonyl (C=O) groups excluding carboxylic acids is 1. The van der Waals surface area contributed by atoms with Crippen LogP contribution >= 0.6 is 31.9 Å². The number of anilines is 1. The largest absolute Gasteiger partial charge is 0.495 e. The zero-order valence-electron chi connectivity index (χ0n) is 11.3. The van der Waals surface area contributed by atoms with E-state index in [1.54, 1.807) is 7.11 Å². The van der Waals surface area contributed by atoms with Gasteiger partial charge in [0, 0.05) is 17.0 Å². The summed E-state index contributed by atoms with van der Waals surface area (Å²) in [5.74, 6) is 1.17. The minimum Gasteiger partial charge on any atom is -0.495 e. The number of piperidine rings is 1. The van der Waals surface area contributed by atoms with Crippen LogP contribution in [0.25, 0.3) is 0 Å². The first-order chi connectivity index (χ1) is 9.60. The van der Waals surface area contributed by atoms with E-state index in [9.17, 15) is 4.79 Å². The lowest BCUT2D eigenvalue weighted by Gasteiger charge is -2.22. The molecule has 1 aromatic rings. The molecule has 1 unspecified atom stereocenters. The standard InChI is InChI=1S/C14H18Br2N2O2/c1-20-13-7-12(10(15)6-11(13)16)18-14(19)5-9-3-2-4-17-8-9/h6-7,9,17H,2-5,8H2,1H3,(H,18,19). The van der Waals surface area contributed by atoms with Crippen LogP contribution in [0.4, 0.5) is 5.69 Å². The van der Waals surface area contributed by atoms with Gasteiger partial charge < -0.3 is 15.4 Å². The molecular weight excluding hydrogens is 388 g/mol. The molecule has 1 heterocycles. The van der Waals surface area contributed by atoms with Gasteiger partial charge in [0.1, 0.15) is 5.75 Å². The number of methoxy groups -OCH3 is 1. The fraction of sp³-hybridized carbons (Fsp3) is 0.500. The lowest BCUT2D eigenvalue weighted by molar-refractivity contribution is -0.117. The second-order valence-corrected chi connectivity index (χ2v) is 6.64. The average molecular weight is 406 g/mol. The number of hydrogen-bond acceptors (Lipinski definition) is 3. The molecule has 110 valence electrons. The number of nitrogens with one attached hydrogen (secondary N) is 2. The first-order valence-corrected chi connectivity index (χ1v) is 8.22. The van der Waals surface area contributed by atoms with Crippen molar-refractivity contribution >= 4 is 43.5 Å². The molecule has 1 aliphatic rings. The zero-order valence-corrected chi connectivity index (χ0v) is 14.5. The highest BCUT2D eigenvalue weighted by molar-refractivity contribution is 9.11. The molecule has 0 aromatic heterocycles. The van der Waals surface area contributed by atoms with E-state index >= 15 is 0 Å². The first-order valence-electron chi connectivity index (χ1n) is 6.63. The first kappa shape index (κ1) is 15.8.